The molecule has 1 aliphatic heterocycles. The van der Waals surface area contributed by atoms with Crippen molar-refractivity contribution in [3.8, 4) is 0 Å². The van der Waals surface area contributed by atoms with E-state index in [-0.39, 0.29) is 6.42 Å². The third-order valence-electron chi connectivity index (χ3n) is 3.93. The lowest BCUT2D eigenvalue weighted by Gasteiger charge is -1.91. The van der Waals surface area contributed by atoms with Crippen molar-refractivity contribution in [2.45, 2.75) is 83.3 Å². The fourth-order valence-electron chi connectivity index (χ4n) is 2.44. The number of epoxide rings is 1. The molecule has 2 atom stereocenters. The van der Waals surface area contributed by atoms with Crippen LogP contribution in [0.1, 0.15) is 71.1 Å². The minimum atomic E-state index is -0.716. The molecule has 1 aliphatic rings. The summed E-state index contributed by atoms with van der Waals surface area (Å²) >= 11 is 0. The van der Waals surface area contributed by atoms with E-state index in [1.54, 1.807) is 0 Å². The van der Waals surface area contributed by atoms with E-state index < -0.39 is 5.97 Å². The monoisotopic (exact) mass is 320 g/mol. The van der Waals surface area contributed by atoms with Crippen LogP contribution in [-0.4, -0.2) is 23.3 Å². The largest absolute Gasteiger partial charge is 0.481 e. The molecule has 0 saturated carbocycles. The van der Waals surface area contributed by atoms with Gasteiger partial charge < -0.3 is 9.84 Å². The van der Waals surface area contributed by atoms with Crippen LogP contribution in [0.3, 0.4) is 0 Å². The molecule has 130 valence electrons. The highest BCUT2D eigenvalue weighted by molar-refractivity contribution is 5.66. The zero-order valence-electron chi connectivity index (χ0n) is 14.5. The second-order valence-corrected chi connectivity index (χ2v) is 6.12. The minimum absolute atomic E-state index is 0.255. The van der Waals surface area contributed by atoms with Crippen LogP contribution < -0.4 is 0 Å². The number of unbranched alkanes of at least 4 members (excludes halogenated alkanes) is 4. The van der Waals surface area contributed by atoms with Gasteiger partial charge in [-0.2, -0.15) is 0 Å². The first-order chi connectivity index (χ1) is 11.2. The summed E-state index contributed by atoms with van der Waals surface area (Å²) in [6.45, 7) is 2.23. The van der Waals surface area contributed by atoms with Crippen molar-refractivity contribution in [3.05, 3.63) is 36.5 Å². The summed E-state index contributed by atoms with van der Waals surface area (Å²) in [5, 5.41) is 8.53. The molecule has 1 rings (SSSR count). The normalized spacial score (nSPS) is 20.9. The van der Waals surface area contributed by atoms with E-state index in [1.165, 1.54) is 25.7 Å². The Morgan fingerprint density at radius 2 is 1.52 bits per heavy atom. The van der Waals surface area contributed by atoms with Gasteiger partial charge in [-0.3, -0.25) is 4.79 Å². The predicted octanol–water partition coefficient (Wildman–Crippen LogP) is 5.43. The predicted molar refractivity (Wildman–Crippen MR) is 95.6 cm³/mol. The summed E-state index contributed by atoms with van der Waals surface area (Å²) in [5.41, 5.74) is 0. The Morgan fingerprint density at radius 1 is 0.913 bits per heavy atom. The van der Waals surface area contributed by atoms with E-state index in [9.17, 15) is 4.79 Å². The Morgan fingerprint density at radius 3 is 2.22 bits per heavy atom. The van der Waals surface area contributed by atoms with Gasteiger partial charge in [-0.25, -0.2) is 0 Å². The number of carbonyl (C=O) groups is 1. The van der Waals surface area contributed by atoms with Crippen LogP contribution in [0.15, 0.2) is 36.5 Å². The summed E-state index contributed by atoms with van der Waals surface area (Å²) in [4.78, 5) is 10.4. The quantitative estimate of drug-likeness (QED) is 0.264. The average Bonchev–Trinajstić information content (AvgIpc) is 3.27. The second-order valence-electron chi connectivity index (χ2n) is 6.12. The molecule has 0 unspecified atom stereocenters. The van der Waals surface area contributed by atoms with Crippen molar-refractivity contribution in [1.82, 2.24) is 0 Å². The molecular formula is C20H32O3. The van der Waals surface area contributed by atoms with Gasteiger partial charge in [0, 0.05) is 6.42 Å². The SMILES string of the molecule is CCCCC/C=C/C/C=C\C[C@@H]1O[C@@H]1C/C=C\CCCC(=O)O. The molecule has 0 radical (unpaired) electrons. The van der Waals surface area contributed by atoms with Crippen LogP contribution in [0.25, 0.3) is 0 Å². The first-order valence-corrected chi connectivity index (χ1v) is 9.06. The molecule has 0 amide bonds. The van der Waals surface area contributed by atoms with Crippen molar-refractivity contribution in [1.29, 1.82) is 0 Å². The van der Waals surface area contributed by atoms with Crippen molar-refractivity contribution >= 4 is 5.97 Å². The lowest BCUT2D eigenvalue weighted by Crippen LogP contribution is -1.93. The maximum Gasteiger partial charge on any atom is 0.303 e. The molecule has 1 heterocycles. The Hall–Kier alpha value is -1.35. The van der Waals surface area contributed by atoms with E-state index in [0.29, 0.717) is 12.2 Å². The Balaban J connectivity index is 1.93. The van der Waals surface area contributed by atoms with E-state index in [1.807, 2.05) is 0 Å². The maximum atomic E-state index is 10.4. The smallest absolute Gasteiger partial charge is 0.303 e. The number of carboxylic acid groups (broad SMARTS) is 1. The number of rotatable bonds is 14. The van der Waals surface area contributed by atoms with Gasteiger partial charge in [0.05, 0.1) is 12.2 Å². The summed E-state index contributed by atoms with van der Waals surface area (Å²) in [6.07, 6.45) is 23.8. The Bertz CT molecular complexity index is 396. The van der Waals surface area contributed by atoms with Gasteiger partial charge in [0.1, 0.15) is 0 Å². The van der Waals surface area contributed by atoms with E-state index in [4.69, 9.17) is 9.84 Å². The molecule has 0 aromatic rings. The number of hydrogen-bond acceptors (Lipinski definition) is 2. The molecule has 0 bridgehead atoms. The Labute approximate surface area is 141 Å². The van der Waals surface area contributed by atoms with Gasteiger partial charge in [-0.05, 0) is 44.9 Å². The lowest BCUT2D eigenvalue weighted by atomic mass is 10.1. The van der Waals surface area contributed by atoms with Crippen LogP contribution in [0.5, 0.6) is 0 Å². The molecule has 1 fully saturated rings. The summed E-state index contributed by atoms with van der Waals surface area (Å²) in [5.74, 6) is -0.716. The van der Waals surface area contributed by atoms with Crippen molar-refractivity contribution in [2.75, 3.05) is 0 Å². The second kappa shape index (κ2) is 13.1. The van der Waals surface area contributed by atoms with E-state index in [2.05, 4.69) is 43.4 Å². The topological polar surface area (TPSA) is 49.8 Å². The molecule has 0 aromatic heterocycles. The van der Waals surface area contributed by atoms with Gasteiger partial charge in [0.2, 0.25) is 0 Å². The van der Waals surface area contributed by atoms with Gasteiger partial charge in [-0.1, -0.05) is 56.2 Å². The van der Waals surface area contributed by atoms with Crippen LogP contribution in [0.4, 0.5) is 0 Å². The molecule has 1 saturated heterocycles. The third-order valence-corrected chi connectivity index (χ3v) is 3.93. The Kier molecular flexibility index (Phi) is 11.2. The van der Waals surface area contributed by atoms with E-state index in [0.717, 1.165) is 32.1 Å². The number of carboxylic acids is 1. The molecule has 0 spiro atoms. The van der Waals surface area contributed by atoms with Crippen LogP contribution in [0, 0.1) is 0 Å². The highest BCUT2D eigenvalue weighted by atomic mass is 16.6. The van der Waals surface area contributed by atoms with Gasteiger partial charge in [0.15, 0.2) is 0 Å². The fraction of sp³-hybridized carbons (Fsp3) is 0.650. The van der Waals surface area contributed by atoms with Crippen molar-refractivity contribution in [3.63, 3.8) is 0 Å². The number of allylic oxidation sites excluding steroid dienone is 4. The average molecular weight is 320 g/mol. The minimum Gasteiger partial charge on any atom is -0.481 e. The molecule has 3 heteroatoms. The molecule has 3 nitrogen and oxygen atoms in total. The van der Waals surface area contributed by atoms with Gasteiger partial charge in [-0.15, -0.1) is 0 Å². The molecule has 0 aliphatic carbocycles. The summed E-state index contributed by atoms with van der Waals surface area (Å²) in [7, 11) is 0. The zero-order chi connectivity index (χ0) is 16.8. The molecule has 0 aromatic carbocycles. The zero-order valence-corrected chi connectivity index (χ0v) is 14.5. The fourth-order valence-corrected chi connectivity index (χ4v) is 2.44. The highest BCUT2D eigenvalue weighted by Gasteiger charge is 2.35. The number of ether oxygens (including phenoxy) is 1. The van der Waals surface area contributed by atoms with Crippen LogP contribution in [0.2, 0.25) is 0 Å². The molecule has 1 N–H and O–H groups in total. The van der Waals surface area contributed by atoms with Crippen molar-refractivity contribution < 1.29 is 14.6 Å². The number of hydrogen-bond donors (Lipinski definition) is 1. The first kappa shape index (κ1) is 19.7. The maximum absolute atomic E-state index is 10.4. The van der Waals surface area contributed by atoms with Gasteiger partial charge >= 0.3 is 5.97 Å². The molecule has 23 heavy (non-hydrogen) atoms. The van der Waals surface area contributed by atoms with Crippen LogP contribution >= 0.6 is 0 Å². The lowest BCUT2D eigenvalue weighted by molar-refractivity contribution is -0.137. The van der Waals surface area contributed by atoms with Crippen molar-refractivity contribution in [2.24, 2.45) is 0 Å². The third kappa shape index (κ3) is 11.8. The standard InChI is InChI=1S/C20H32O3/c1-2-3-4-5-6-7-8-9-12-15-18-19(23-18)16-13-10-11-14-17-20(21)22/h6-7,9-10,12-13,18-19H,2-5,8,11,14-17H2,1H3,(H,21,22)/b7-6+,12-9-,13-10-/t18-,19+/m0/s1. The van der Waals surface area contributed by atoms with Gasteiger partial charge in [0.25, 0.3) is 0 Å². The number of aliphatic carboxylic acids is 1. The van der Waals surface area contributed by atoms with Crippen LogP contribution in [-0.2, 0) is 9.53 Å². The highest BCUT2D eigenvalue weighted by Crippen LogP contribution is 2.29. The first-order valence-electron chi connectivity index (χ1n) is 9.06. The summed E-state index contributed by atoms with van der Waals surface area (Å²) in [6, 6.07) is 0. The van der Waals surface area contributed by atoms with E-state index >= 15 is 0 Å². The molecular weight excluding hydrogens is 288 g/mol. The summed E-state index contributed by atoms with van der Waals surface area (Å²) < 4.78 is 5.62.